The molecule has 0 saturated carbocycles. The molecule has 1 aliphatic heterocycles. The quantitative estimate of drug-likeness (QED) is 0.173. The summed E-state index contributed by atoms with van der Waals surface area (Å²) in [5.41, 5.74) is 1.16. The number of rotatable bonds is 6. The number of carbonyl (C=O) groups excluding carboxylic acids is 1. The zero-order valence-corrected chi connectivity index (χ0v) is 22.8. The van der Waals surface area contributed by atoms with Crippen molar-refractivity contribution in [2.75, 3.05) is 6.61 Å². The van der Waals surface area contributed by atoms with Crippen LogP contribution in [0.2, 0.25) is 10.0 Å². The number of ether oxygens (including phenoxy) is 1. The lowest BCUT2D eigenvalue weighted by Crippen LogP contribution is -2.39. The van der Waals surface area contributed by atoms with Crippen LogP contribution in [0.3, 0.4) is 0 Å². The summed E-state index contributed by atoms with van der Waals surface area (Å²) < 4.78 is 13.1. The van der Waals surface area contributed by atoms with Crippen LogP contribution in [0.1, 0.15) is 31.2 Å². The number of nitro groups is 1. The van der Waals surface area contributed by atoms with Gasteiger partial charge in [0.1, 0.15) is 17.6 Å². The Morgan fingerprint density at radius 3 is 2.72 bits per heavy atom. The summed E-state index contributed by atoms with van der Waals surface area (Å²) in [7, 11) is 0. The minimum absolute atomic E-state index is 0.0970. The molecule has 0 spiro atoms. The fourth-order valence-corrected chi connectivity index (χ4v) is 5.59. The maximum absolute atomic E-state index is 13.7. The standard InChI is InChI=1S/C27H19Cl2N3O6S/c1-3-37-26(34)23-14(2)30-27-31(25(33)22(39-27)12-15-5-4-6-17(11-15)32(35)36)24(23)21-10-9-20(38-21)16-7-8-18(28)19(29)13-16/h4-13,24H,3H2,1-2H3/b22-12-/t24-/m0/s1. The summed E-state index contributed by atoms with van der Waals surface area (Å²) in [5.74, 6) is 0.153. The second-order valence-electron chi connectivity index (χ2n) is 8.49. The molecule has 0 fully saturated rings. The van der Waals surface area contributed by atoms with Crippen molar-refractivity contribution in [2.24, 2.45) is 4.99 Å². The number of fused-ring (bicyclic) bond motifs is 1. The molecule has 9 nitrogen and oxygen atoms in total. The van der Waals surface area contributed by atoms with Crippen LogP contribution in [-0.4, -0.2) is 22.1 Å². The van der Waals surface area contributed by atoms with Crippen molar-refractivity contribution >= 4 is 52.3 Å². The predicted octanol–water partition coefficient (Wildman–Crippen LogP) is 5.27. The first-order valence-corrected chi connectivity index (χ1v) is 13.2. The molecule has 5 rings (SSSR count). The number of nitrogens with zero attached hydrogens (tertiary/aromatic N) is 3. The molecule has 1 aliphatic rings. The van der Waals surface area contributed by atoms with Gasteiger partial charge >= 0.3 is 5.97 Å². The molecule has 0 unspecified atom stereocenters. The van der Waals surface area contributed by atoms with Gasteiger partial charge < -0.3 is 9.15 Å². The first kappa shape index (κ1) is 26.6. The molecule has 198 valence electrons. The molecule has 0 bridgehead atoms. The Morgan fingerprint density at radius 2 is 2.00 bits per heavy atom. The molecular weight excluding hydrogens is 565 g/mol. The molecule has 3 heterocycles. The normalized spacial score (nSPS) is 15.2. The highest BCUT2D eigenvalue weighted by Crippen LogP contribution is 2.35. The Hall–Kier alpha value is -3.99. The van der Waals surface area contributed by atoms with E-state index >= 15 is 0 Å². The number of hydrogen-bond acceptors (Lipinski definition) is 8. The number of carbonyl (C=O) groups is 1. The number of halogens is 2. The largest absolute Gasteiger partial charge is 0.463 e. The highest BCUT2D eigenvalue weighted by atomic mass is 35.5. The van der Waals surface area contributed by atoms with E-state index in [-0.39, 0.29) is 22.4 Å². The molecule has 0 N–H and O–H groups in total. The van der Waals surface area contributed by atoms with Crippen molar-refractivity contribution in [1.82, 2.24) is 4.57 Å². The maximum atomic E-state index is 13.7. The van der Waals surface area contributed by atoms with Crippen LogP contribution in [0.4, 0.5) is 5.69 Å². The number of non-ortho nitro benzene ring substituents is 1. The van der Waals surface area contributed by atoms with E-state index in [1.54, 1.807) is 62.4 Å². The minimum Gasteiger partial charge on any atom is -0.463 e. The van der Waals surface area contributed by atoms with Gasteiger partial charge in [-0.3, -0.25) is 19.5 Å². The molecule has 39 heavy (non-hydrogen) atoms. The lowest BCUT2D eigenvalue weighted by atomic mass is 10.0. The van der Waals surface area contributed by atoms with Gasteiger partial charge in [-0.05, 0) is 55.8 Å². The SMILES string of the molecule is CCOC(=O)C1=C(C)N=c2s/c(=C\c3cccc([N+](=O)[O-])c3)c(=O)n2[C@H]1c1ccc(-c2ccc(Cl)c(Cl)c2)o1. The Morgan fingerprint density at radius 1 is 1.21 bits per heavy atom. The van der Waals surface area contributed by atoms with E-state index in [2.05, 4.69) is 4.99 Å². The van der Waals surface area contributed by atoms with Crippen molar-refractivity contribution in [3.63, 3.8) is 0 Å². The van der Waals surface area contributed by atoms with E-state index in [1.807, 2.05) is 0 Å². The second-order valence-corrected chi connectivity index (χ2v) is 10.3. The van der Waals surface area contributed by atoms with Gasteiger partial charge in [0.05, 0.1) is 37.4 Å². The van der Waals surface area contributed by atoms with Crippen LogP contribution in [-0.2, 0) is 9.53 Å². The van der Waals surface area contributed by atoms with Gasteiger partial charge in [0.25, 0.3) is 11.2 Å². The number of thiazole rings is 1. The smallest absolute Gasteiger partial charge is 0.338 e. The first-order chi connectivity index (χ1) is 18.7. The molecule has 2 aromatic heterocycles. The van der Waals surface area contributed by atoms with E-state index in [1.165, 1.54) is 16.7 Å². The van der Waals surface area contributed by atoms with Crippen LogP contribution in [0.25, 0.3) is 17.4 Å². The lowest BCUT2D eigenvalue weighted by Gasteiger charge is -2.22. The fraction of sp³-hybridized carbons (Fsp3) is 0.148. The summed E-state index contributed by atoms with van der Waals surface area (Å²) in [6.07, 6.45) is 1.56. The third kappa shape index (κ3) is 5.06. The van der Waals surface area contributed by atoms with E-state index < -0.39 is 22.5 Å². The average molecular weight is 584 g/mol. The summed E-state index contributed by atoms with van der Waals surface area (Å²) in [4.78, 5) is 42.3. The van der Waals surface area contributed by atoms with Crippen LogP contribution >= 0.6 is 34.5 Å². The fourth-order valence-electron chi connectivity index (χ4n) is 4.24. The number of hydrogen-bond donors (Lipinski definition) is 0. The van der Waals surface area contributed by atoms with Crippen LogP contribution in [0.15, 0.2) is 80.1 Å². The maximum Gasteiger partial charge on any atom is 0.338 e. The van der Waals surface area contributed by atoms with Gasteiger partial charge in [0.2, 0.25) is 0 Å². The van der Waals surface area contributed by atoms with Crippen molar-refractivity contribution in [1.29, 1.82) is 0 Å². The van der Waals surface area contributed by atoms with E-state index in [4.69, 9.17) is 32.4 Å². The number of aromatic nitrogens is 1. The Bertz CT molecular complexity index is 1850. The predicted molar refractivity (Wildman–Crippen MR) is 148 cm³/mol. The first-order valence-electron chi connectivity index (χ1n) is 11.7. The molecule has 0 amide bonds. The Labute approximate surface area is 235 Å². The number of furan rings is 1. The van der Waals surface area contributed by atoms with Gasteiger partial charge in [-0.15, -0.1) is 0 Å². The van der Waals surface area contributed by atoms with Crippen molar-refractivity contribution in [3.05, 3.63) is 117 Å². The zero-order valence-electron chi connectivity index (χ0n) is 20.5. The van der Waals surface area contributed by atoms with E-state index in [0.717, 1.165) is 11.3 Å². The molecular formula is C27H19Cl2N3O6S. The monoisotopic (exact) mass is 583 g/mol. The highest BCUT2D eigenvalue weighted by molar-refractivity contribution is 7.07. The number of nitro benzene ring substituents is 1. The summed E-state index contributed by atoms with van der Waals surface area (Å²) in [6, 6.07) is 13.4. The topological polar surface area (TPSA) is 117 Å². The third-order valence-electron chi connectivity index (χ3n) is 6.00. The van der Waals surface area contributed by atoms with Crippen molar-refractivity contribution in [3.8, 4) is 11.3 Å². The summed E-state index contributed by atoms with van der Waals surface area (Å²) in [5, 5.41) is 11.9. The molecule has 1 atom stereocenters. The minimum atomic E-state index is -0.955. The average Bonchev–Trinajstić information content (AvgIpc) is 3.50. The van der Waals surface area contributed by atoms with E-state index in [0.29, 0.717) is 43.2 Å². The van der Waals surface area contributed by atoms with Crippen molar-refractivity contribution in [2.45, 2.75) is 19.9 Å². The zero-order chi connectivity index (χ0) is 27.8. The molecule has 4 aromatic rings. The van der Waals surface area contributed by atoms with Crippen LogP contribution in [0.5, 0.6) is 0 Å². The second kappa shape index (κ2) is 10.6. The molecule has 0 radical (unpaired) electrons. The van der Waals surface area contributed by atoms with Crippen molar-refractivity contribution < 1.29 is 18.9 Å². The van der Waals surface area contributed by atoms with Gasteiger partial charge in [-0.1, -0.05) is 46.7 Å². The molecule has 2 aromatic carbocycles. The van der Waals surface area contributed by atoms with Gasteiger partial charge in [-0.2, -0.15) is 0 Å². The number of benzene rings is 2. The van der Waals surface area contributed by atoms with Gasteiger partial charge in [-0.25, -0.2) is 9.79 Å². The van der Waals surface area contributed by atoms with Crippen LogP contribution in [0, 0.1) is 10.1 Å². The van der Waals surface area contributed by atoms with E-state index in [9.17, 15) is 19.7 Å². The van der Waals surface area contributed by atoms with Gasteiger partial charge in [0.15, 0.2) is 4.80 Å². The molecule has 0 aliphatic carbocycles. The number of allylic oxidation sites excluding steroid dienone is 1. The molecule has 0 saturated heterocycles. The third-order valence-corrected chi connectivity index (χ3v) is 7.72. The van der Waals surface area contributed by atoms with Crippen LogP contribution < -0.4 is 14.9 Å². The number of esters is 1. The lowest BCUT2D eigenvalue weighted by molar-refractivity contribution is -0.384. The van der Waals surface area contributed by atoms with Gasteiger partial charge in [0, 0.05) is 17.7 Å². The highest BCUT2D eigenvalue weighted by Gasteiger charge is 2.35. The summed E-state index contributed by atoms with van der Waals surface area (Å²) in [6.45, 7) is 3.48. The Kier molecular flexibility index (Phi) is 7.26. The molecule has 12 heteroatoms. The summed E-state index contributed by atoms with van der Waals surface area (Å²) >= 11 is 13.3. The Balaban J connectivity index is 1.68.